The average molecular weight is 255 g/mol. The lowest BCUT2D eigenvalue weighted by atomic mass is 9.85. The molecule has 1 aliphatic carbocycles. The van der Waals surface area contributed by atoms with Crippen molar-refractivity contribution in [2.24, 2.45) is 5.92 Å². The summed E-state index contributed by atoms with van der Waals surface area (Å²) >= 11 is 0. The standard InChI is InChI=1S/C10H19ClO3S/c1-2-9-5-3-4-6-10(9)14-7-8-15(11,12)13/h9-10H,2-8H2,1H3. The van der Waals surface area contributed by atoms with E-state index in [4.69, 9.17) is 15.4 Å². The molecule has 1 rings (SSSR count). The molecule has 1 saturated carbocycles. The maximum Gasteiger partial charge on any atom is 0.234 e. The molecule has 0 spiro atoms. The van der Waals surface area contributed by atoms with Gasteiger partial charge in [0.1, 0.15) is 0 Å². The van der Waals surface area contributed by atoms with Crippen molar-refractivity contribution in [3.63, 3.8) is 0 Å². The highest BCUT2D eigenvalue weighted by Gasteiger charge is 2.24. The maximum atomic E-state index is 10.7. The van der Waals surface area contributed by atoms with Crippen LogP contribution in [0.3, 0.4) is 0 Å². The van der Waals surface area contributed by atoms with Crippen LogP contribution in [0.2, 0.25) is 0 Å². The van der Waals surface area contributed by atoms with Gasteiger partial charge in [0.05, 0.1) is 18.5 Å². The minimum atomic E-state index is -3.40. The van der Waals surface area contributed by atoms with Crippen molar-refractivity contribution < 1.29 is 13.2 Å². The van der Waals surface area contributed by atoms with Gasteiger partial charge in [0.15, 0.2) is 0 Å². The first kappa shape index (κ1) is 13.3. The number of hydrogen-bond acceptors (Lipinski definition) is 3. The summed E-state index contributed by atoms with van der Waals surface area (Å²) in [6.45, 7) is 2.39. The topological polar surface area (TPSA) is 43.4 Å². The molecule has 2 atom stereocenters. The van der Waals surface area contributed by atoms with Gasteiger partial charge < -0.3 is 4.74 Å². The molecule has 0 aromatic carbocycles. The van der Waals surface area contributed by atoms with Crippen LogP contribution in [-0.4, -0.2) is 26.9 Å². The van der Waals surface area contributed by atoms with Gasteiger partial charge in [0, 0.05) is 10.7 Å². The first-order valence-corrected chi connectivity index (χ1v) is 8.04. The average Bonchev–Trinajstić information content (AvgIpc) is 2.16. The molecular formula is C10H19ClO3S. The van der Waals surface area contributed by atoms with Gasteiger partial charge in [-0.05, 0) is 18.8 Å². The predicted molar refractivity (Wildman–Crippen MR) is 61.6 cm³/mol. The minimum Gasteiger partial charge on any atom is -0.377 e. The molecule has 2 unspecified atom stereocenters. The van der Waals surface area contributed by atoms with Gasteiger partial charge in [-0.1, -0.05) is 26.2 Å². The monoisotopic (exact) mass is 254 g/mol. The summed E-state index contributed by atoms with van der Waals surface area (Å²) < 4.78 is 27.0. The van der Waals surface area contributed by atoms with Crippen molar-refractivity contribution in [3.8, 4) is 0 Å². The zero-order chi connectivity index (χ0) is 11.3. The SMILES string of the molecule is CCC1CCCCC1OCCS(=O)(=O)Cl. The van der Waals surface area contributed by atoms with Gasteiger partial charge in [-0.15, -0.1) is 0 Å². The number of hydrogen-bond donors (Lipinski definition) is 0. The molecule has 3 nitrogen and oxygen atoms in total. The van der Waals surface area contributed by atoms with Crippen molar-refractivity contribution in [1.82, 2.24) is 0 Å². The van der Waals surface area contributed by atoms with E-state index < -0.39 is 9.05 Å². The van der Waals surface area contributed by atoms with E-state index in [2.05, 4.69) is 6.92 Å². The summed E-state index contributed by atoms with van der Waals surface area (Å²) in [6, 6.07) is 0. The molecule has 5 heteroatoms. The van der Waals surface area contributed by atoms with E-state index in [-0.39, 0.29) is 18.5 Å². The highest BCUT2D eigenvalue weighted by Crippen LogP contribution is 2.29. The third-order valence-corrected chi connectivity index (χ3v) is 4.14. The van der Waals surface area contributed by atoms with Crippen LogP contribution in [-0.2, 0) is 13.8 Å². The Balaban J connectivity index is 2.29. The Kier molecular flexibility index (Phi) is 5.36. The smallest absolute Gasteiger partial charge is 0.234 e. The van der Waals surface area contributed by atoms with Gasteiger partial charge in [0.25, 0.3) is 0 Å². The van der Waals surface area contributed by atoms with E-state index in [0.717, 1.165) is 12.8 Å². The van der Waals surface area contributed by atoms with Crippen LogP contribution in [0, 0.1) is 5.92 Å². The lowest BCUT2D eigenvalue weighted by Crippen LogP contribution is -2.28. The summed E-state index contributed by atoms with van der Waals surface area (Å²) in [5.41, 5.74) is 0. The normalized spacial score (nSPS) is 27.9. The fourth-order valence-electron chi connectivity index (χ4n) is 2.16. The zero-order valence-electron chi connectivity index (χ0n) is 9.12. The molecule has 15 heavy (non-hydrogen) atoms. The lowest BCUT2D eigenvalue weighted by Gasteiger charge is -2.30. The summed E-state index contributed by atoms with van der Waals surface area (Å²) in [7, 11) is 1.71. The molecule has 0 radical (unpaired) electrons. The van der Waals surface area contributed by atoms with E-state index in [1.54, 1.807) is 0 Å². The van der Waals surface area contributed by atoms with Gasteiger partial charge in [-0.2, -0.15) is 0 Å². The Hall–Kier alpha value is 0.200. The minimum absolute atomic E-state index is 0.0819. The second kappa shape index (κ2) is 6.06. The zero-order valence-corrected chi connectivity index (χ0v) is 10.7. The Morgan fingerprint density at radius 3 is 2.60 bits per heavy atom. The molecule has 1 aliphatic rings. The Bertz CT molecular complexity index is 276. The van der Waals surface area contributed by atoms with Crippen molar-refractivity contribution in [2.45, 2.75) is 45.1 Å². The van der Waals surface area contributed by atoms with Crippen LogP contribution in [0.4, 0.5) is 0 Å². The molecule has 0 saturated heterocycles. The summed E-state index contributed by atoms with van der Waals surface area (Å²) in [5.74, 6) is 0.512. The van der Waals surface area contributed by atoms with Crippen molar-refractivity contribution in [2.75, 3.05) is 12.4 Å². The first-order chi connectivity index (χ1) is 7.03. The second-order valence-electron chi connectivity index (χ2n) is 4.10. The van der Waals surface area contributed by atoms with Crippen molar-refractivity contribution >= 4 is 19.7 Å². The summed E-state index contributed by atoms with van der Waals surface area (Å²) in [4.78, 5) is 0. The molecule has 90 valence electrons. The van der Waals surface area contributed by atoms with Gasteiger partial charge in [0.2, 0.25) is 9.05 Å². The highest BCUT2D eigenvalue weighted by molar-refractivity contribution is 8.13. The third kappa shape index (κ3) is 5.18. The van der Waals surface area contributed by atoms with E-state index in [1.165, 1.54) is 19.3 Å². The third-order valence-electron chi connectivity index (χ3n) is 3.02. The van der Waals surface area contributed by atoms with Gasteiger partial charge >= 0.3 is 0 Å². The van der Waals surface area contributed by atoms with E-state index in [1.807, 2.05) is 0 Å². The molecule has 0 aliphatic heterocycles. The van der Waals surface area contributed by atoms with Crippen LogP contribution in [0.1, 0.15) is 39.0 Å². The number of halogens is 1. The van der Waals surface area contributed by atoms with Crippen LogP contribution in [0.5, 0.6) is 0 Å². The quantitative estimate of drug-likeness (QED) is 0.708. The Labute approximate surface area is 96.6 Å². The molecule has 1 fully saturated rings. The Morgan fingerprint density at radius 1 is 1.33 bits per heavy atom. The number of ether oxygens (including phenoxy) is 1. The summed E-state index contributed by atoms with van der Waals surface area (Å²) in [5, 5.41) is 0. The Morgan fingerprint density at radius 2 is 2.00 bits per heavy atom. The molecule has 0 aromatic heterocycles. The van der Waals surface area contributed by atoms with Crippen LogP contribution >= 0.6 is 10.7 Å². The van der Waals surface area contributed by atoms with Crippen LogP contribution < -0.4 is 0 Å². The predicted octanol–water partition coefficient (Wildman–Crippen LogP) is 2.54. The van der Waals surface area contributed by atoms with Crippen LogP contribution in [0.15, 0.2) is 0 Å². The van der Waals surface area contributed by atoms with Gasteiger partial charge in [-0.3, -0.25) is 0 Å². The highest BCUT2D eigenvalue weighted by atomic mass is 35.7. The van der Waals surface area contributed by atoms with Crippen molar-refractivity contribution in [3.05, 3.63) is 0 Å². The molecule has 0 N–H and O–H groups in total. The van der Waals surface area contributed by atoms with E-state index >= 15 is 0 Å². The van der Waals surface area contributed by atoms with Crippen molar-refractivity contribution in [1.29, 1.82) is 0 Å². The maximum absolute atomic E-state index is 10.7. The van der Waals surface area contributed by atoms with Gasteiger partial charge in [-0.25, -0.2) is 8.42 Å². The second-order valence-corrected chi connectivity index (χ2v) is 7.00. The first-order valence-electron chi connectivity index (χ1n) is 5.57. The summed E-state index contributed by atoms with van der Waals surface area (Å²) in [6.07, 6.45) is 6.07. The lowest BCUT2D eigenvalue weighted by molar-refractivity contribution is -0.00427. The fourth-order valence-corrected chi connectivity index (χ4v) is 2.64. The number of rotatable bonds is 5. The largest absolute Gasteiger partial charge is 0.377 e. The molecule has 0 amide bonds. The molecule has 0 bridgehead atoms. The van der Waals surface area contributed by atoms with E-state index in [9.17, 15) is 8.42 Å². The molecule has 0 heterocycles. The van der Waals surface area contributed by atoms with Crippen LogP contribution in [0.25, 0.3) is 0 Å². The molecule has 0 aromatic rings. The molecular weight excluding hydrogens is 236 g/mol. The van der Waals surface area contributed by atoms with E-state index in [0.29, 0.717) is 5.92 Å². The fraction of sp³-hybridized carbons (Fsp3) is 1.00.